The number of rotatable bonds is 33. The molecule has 11 rings (SSSR count). The van der Waals surface area contributed by atoms with Crippen LogP contribution in [0.15, 0.2) is 182 Å². The minimum Gasteiger partial charge on any atom is -0.481 e. The summed E-state index contributed by atoms with van der Waals surface area (Å²) < 4.78 is 32.8. The number of hydrogen-bond acceptors (Lipinski definition) is 9. The van der Waals surface area contributed by atoms with Gasteiger partial charge in [-0.15, -0.1) is 0 Å². The predicted molar refractivity (Wildman–Crippen MR) is 557 cm³/mol. The summed E-state index contributed by atoms with van der Waals surface area (Å²) in [6.45, 7) is 54.0. The standard InChI is InChI=1S/C23H30O2.2C23H32O.C22H26O2.C22H30O2.2CH5BS.Ac.H2O/c1-6-20(21-10-8-16(3)18(5)12-21)14-22(23(24)25)13-19-9-7-15(2)17(4)11-19;2*1-6-22(23-10-8-17(3)19(5)12-23)14-21(15-24)13-20-9-7-16(2)18(4)11-20;1-14-5-7-18(9-16(14)3)11-20-12-21(13-24-22(20)23)19-8-6-15(2)17(4)10-19;1-15-5-7-19(9-17(15)3)11-20(13-23)12-22(14-24)21-8-6-16(2)18(4)10-21;2*1-2-3;;/h7-12,20,22H,6,13-14H2,1-5H3,(H,24,25);2*7-12,21-22,24H,6,13-15H2,1-5H3;5-10,20-21H,11-13H2,1-4H3;5-10,20,22-24H,11-14H2,1-4H3;2*2-3H,1H3;;1H2/t20?,22-;2*21-,22?;20-,21?;20-,22?;;;;/m11111..../s1/i;24T;;;23T;2*2D;;. The van der Waals surface area contributed by atoms with Crippen molar-refractivity contribution < 1.29 is 89.4 Å². The van der Waals surface area contributed by atoms with Gasteiger partial charge in [0, 0.05) is 82.3 Å². The molecule has 5 unspecified atom stereocenters. The van der Waals surface area contributed by atoms with Crippen molar-refractivity contribution in [1.82, 2.24) is 0 Å². The quantitative estimate of drug-likeness (QED) is 0.0121. The summed E-state index contributed by atoms with van der Waals surface area (Å²) in [7, 11) is 0. The van der Waals surface area contributed by atoms with E-state index in [1.54, 1.807) is 13.6 Å². The summed E-state index contributed by atoms with van der Waals surface area (Å²) >= 11 is 7.27. The van der Waals surface area contributed by atoms with Crippen molar-refractivity contribution in [3.05, 3.63) is 349 Å². The number of carboxylic acid groups (broad SMARTS) is 1. The maximum absolute atomic E-state index is 12.2. The number of aryl methyl sites for hydroxylation is 20. The molecular weight excluding hydrogens is 1840 g/mol. The Balaban J connectivity index is 0.000000417. The Hall–Kier alpha value is -6.79. The molecular formula is C115H162AcB2O9S2. The van der Waals surface area contributed by atoms with E-state index >= 15 is 0 Å². The molecule has 0 aromatic heterocycles. The number of carbonyl (C=O) groups excluding carboxylic acids is 1. The molecule has 0 aliphatic carbocycles. The maximum atomic E-state index is 12.2. The van der Waals surface area contributed by atoms with Gasteiger partial charge in [-0.2, -0.15) is 0 Å². The molecule has 7 N–H and O–H groups in total. The van der Waals surface area contributed by atoms with E-state index in [9.17, 15) is 24.9 Å². The number of aliphatic hydroxyl groups excluding tert-OH is 4. The zero-order valence-corrected chi connectivity index (χ0v) is 89.9. The molecule has 697 valence electrons. The molecule has 1 heterocycles. The fourth-order valence-electron chi connectivity index (χ4n) is 16.9. The molecule has 129 heavy (non-hydrogen) atoms. The molecule has 10 aromatic carbocycles. The predicted octanol–water partition coefficient (Wildman–Crippen LogP) is 25.9. The van der Waals surface area contributed by atoms with Crippen molar-refractivity contribution in [3.63, 3.8) is 0 Å². The van der Waals surface area contributed by atoms with Crippen LogP contribution >= 0.6 is 25.0 Å². The number of cyclic esters (lactones) is 1. The summed E-state index contributed by atoms with van der Waals surface area (Å²) in [5.74, 6) is 1.45. The van der Waals surface area contributed by atoms with E-state index in [-0.39, 0.29) is 111 Å². The summed E-state index contributed by atoms with van der Waals surface area (Å²) in [4.78, 5) is 24.1. The van der Waals surface area contributed by atoms with Gasteiger partial charge < -0.3 is 35.8 Å². The number of benzene rings is 10. The van der Waals surface area contributed by atoms with Crippen LogP contribution in [0.25, 0.3) is 0 Å². The number of carbonyl (C=O) groups is 2. The van der Waals surface area contributed by atoms with Gasteiger partial charge in [-0.3, -0.25) is 9.59 Å². The van der Waals surface area contributed by atoms with Crippen LogP contribution < -0.4 is 0 Å². The fourth-order valence-corrected chi connectivity index (χ4v) is 16.9. The molecule has 10 atom stereocenters. The second-order valence-electron chi connectivity index (χ2n) is 36.9. The Morgan fingerprint density at radius 1 is 0.388 bits per heavy atom. The minimum absolute atomic E-state index is 0. The van der Waals surface area contributed by atoms with Crippen molar-refractivity contribution >= 4 is 49.9 Å². The Morgan fingerprint density at radius 2 is 0.651 bits per heavy atom. The molecule has 0 spiro atoms. The van der Waals surface area contributed by atoms with E-state index in [0.29, 0.717) is 62.3 Å². The smallest absolute Gasteiger partial charge is 0.309 e. The van der Waals surface area contributed by atoms with Gasteiger partial charge in [-0.1, -0.05) is 216 Å². The first kappa shape index (κ1) is 109. The van der Waals surface area contributed by atoms with Crippen molar-refractivity contribution in [2.24, 2.45) is 29.6 Å². The first-order valence-corrected chi connectivity index (χ1v) is 47.7. The third kappa shape index (κ3) is 39.0. The molecule has 9 nitrogen and oxygen atoms in total. The maximum Gasteiger partial charge on any atom is 0.309 e. The average Bonchev–Trinajstić information content (AvgIpc) is 0.816. The van der Waals surface area contributed by atoms with Crippen LogP contribution in [0.4, 0.5) is 0 Å². The topological polar surface area (TPSA) is 176 Å². The Kier molecular flexibility index (Phi) is 51.2. The summed E-state index contributed by atoms with van der Waals surface area (Å²) in [6, 6.07) is 65.8. The van der Waals surface area contributed by atoms with Crippen LogP contribution in [0.1, 0.15) is 269 Å². The number of ether oxygens (including phenoxy) is 1. The van der Waals surface area contributed by atoms with Gasteiger partial charge in [0.1, 0.15) is 0 Å². The average molecular weight is 2010 g/mol. The number of carboxylic acids is 1. The second kappa shape index (κ2) is 60.5. The van der Waals surface area contributed by atoms with Gasteiger partial charge in [-0.25, -0.2) is 25.0 Å². The van der Waals surface area contributed by atoms with E-state index in [4.69, 9.17) is 20.5 Å². The molecule has 1 radical (unpaired) electrons. The van der Waals surface area contributed by atoms with Crippen molar-refractivity contribution in [2.75, 3.05) is 33.0 Å². The molecule has 0 amide bonds. The molecule has 0 saturated carbocycles. The monoisotopic (exact) mass is 2010 g/mol. The third-order valence-electron chi connectivity index (χ3n) is 26.9. The van der Waals surface area contributed by atoms with Gasteiger partial charge in [-0.05, 0) is 427 Å². The van der Waals surface area contributed by atoms with Crippen LogP contribution in [-0.2, 0) is 46.4 Å². The van der Waals surface area contributed by atoms with Crippen LogP contribution in [0.5, 0.6) is 0 Å². The minimum atomic E-state index is -0.694. The molecule has 1 aliphatic heterocycles. The zero-order chi connectivity index (χ0) is 97.5. The number of esters is 1. The Labute approximate surface area is 835 Å². The van der Waals surface area contributed by atoms with Gasteiger partial charge in [0.25, 0.3) is 0 Å². The molecule has 14 heteroatoms. The van der Waals surface area contributed by atoms with E-state index < -0.39 is 5.97 Å². The van der Waals surface area contributed by atoms with E-state index in [1.807, 2.05) is 0 Å². The molecule has 1 aliphatic rings. The van der Waals surface area contributed by atoms with Crippen molar-refractivity contribution in [2.45, 2.75) is 286 Å². The fraction of sp³-hybridized carbons (Fsp3) is 0.461. The Morgan fingerprint density at radius 3 is 0.938 bits per heavy atom. The second-order valence-corrected chi connectivity index (χ2v) is 37.9. The SMILES string of the molecule is CCC(C[C@@H](Cc1ccc(C)c(C)c1)C(=O)O)c1ccc(C)c(C)c1.CCC(C[C@H](CO)Cc1ccc(C)c(C)c1)c1ccc(C)c(C)c1.Cc1ccc(C[C@@H]2CC(c3ccc(C)c(C)c3)COC2=O)cc1C.O.[2H]B(C)S.[2H]B(C)S.[3H]OC[C@H](Cc1ccc(C)c(C)c1)CC(CC)c1ccc(C)c(C)c1.[3H]OC[C@H](Cc1ccc(C)c(C)c1)CC(CO)c1ccc(C)c(C)c1.[Ac]. The van der Waals surface area contributed by atoms with Crippen LogP contribution in [0.3, 0.4) is 0 Å². The van der Waals surface area contributed by atoms with Crippen molar-refractivity contribution in [3.8, 4) is 0 Å². The Bertz CT molecular complexity index is 5050. The normalized spacial score (nSPS) is 14.8. The molecule has 10 aromatic rings. The zero-order valence-electron chi connectivity index (χ0n) is 87.3. The summed E-state index contributed by atoms with van der Waals surface area (Å²) in [6.07, 6.45) is 11.8. The van der Waals surface area contributed by atoms with Crippen LogP contribution in [0.2, 0.25) is 13.6 Å². The van der Waals surface area contributed by atoms with Gasteiger partial charge in [0.05, 0.1) is 18.4 Å². The molecule has 1 saturated heterocycles. The first-order chi connectivity index (χ1) is 62.0. The number of aliphatic carboxylic acids is 1. The summed E-state index contributed by atoms with van der Waals surface area (Å²) in [5.41, 5.74) is 38.9. The number of thiol groups is 2. The molecule has 0 bridgehead atoms. The van der Waals surface area contributed by atoms with E-state index in [1.165, 1.54) is 161 Å². The first-order valence-electron chi connectivity index (χ1n) is 48.7. The van der Waals surface area contributed by atoms with E-state index in [2.05, 4.69) is 366 Å². The third-order valence-corrected chi connectivity index (χ3v) is 26.9. The molecule has 1 fully saturated rings. The van der Waals surface area contributed by atoms with Gasteiger partial charge >= 0.3 is 11.9 Å². The van der Waals surface area contributed by atoms with Crippen LogP contribution in [0, 0.1) is 212 Å². The number of aliphatic hydroxyl groups is 4. The van der Waals surface area contributed by atoms with Gasteiger partial charge in [0.15, 0.2) is 13.0 Å². The van der Waals surface area contributed by atoms with E-state index in [0.717, 1.165) is 76.2 Å². The van der Waals surface area contributed by atoms with Crippen LogP contribution in [-0.4, -0.2) is 94.6 Å². The number of hydrogen-bond donors (Lipinski definition) is 7. The largest absolute Gasteiger partial charge is 0.481 e. The summed E-state index contributed by atoms with van der Waals surface area (Å²) in [5, 5.41) is 39.1. The van der Waals surface area contributed by atoms with Crippen molar-refractivity contribution in [1.29, 1.82) is 5.53 Å². The van der Waals surface area contributed by atoms with Gasteiger partial charge in [0.2, 0.25) is 2.86 Å².